The molecule has 0 saturated heterocycles. The number of hydrogen-bond acceptors (Lipinski definition) is 3. The van der Waals surface area contributed by atoms with E-state index in [2.05, 4.69) is 4.72 Å². The summed E-state index contributed by atoms with van der Waals surface area (Å²) in [6, 6.07) is 13.6. The fraction of sp³-hybridized carbons (Fsp3) is 0.278. The highest BCUT2D eigenvalue weighted by Crippen LogP contribution is 2.13. The van der Waals surface area contributed by atoms with Crippen molar-refractivity contribution in [1.29, 1.82) is 0 Å². The molecule has 0 saturated carbocycles. The van der Waals surface area contributed by atoms with Crippen LogP contribution in [-0.4, -0.2) is 25.5 Å². The van der Waals surface area contributed by atoms with Crippen LogP contribution >= 0.6 is 0 Å². The molecule has 0 aliphatic carbocycles. The lowest BCUT2D eigenvalue weighted by molar-refractivity contribution is -0.136. The van der Waals surface area contributed by atoms with Crippen molar-refractivity contribution in [3.05, 3.63) is 65.2 Å². The Hall–Kier alpha value is -2.18. The number of carboxylic acid groups (broad SMARTS) is 1. The first-order valence-electron chi connectivity index (χ1n) is 7.65. The highest BCUT2D eigenvalue weighted by Gasteiger charge is 2.17. The van der Waals surface area contributed by atoms with Crippen LogP contribution in [0.4, 0.5) is 0 Å². The van der Waals surface area contributed by atoms with Crippen LogP contribution < -0.4 is 4.72 Å². The van der Waals surface area contributed by atoms with Gasteiger partial charge < -0.3 is 5.11 Å². The molecule has 0 spiro atoms. The van der Waals surface area contributed by atoms with E-state index in [0.29, 0.717) is 12.0 Å². The van der Waals surface area contributed by atoms with Gasteiger partial charge in [0.1, 0.15) is 0 Å². The molecule has 2 aromatic carbocycles. The fourth-order valence-corrected chi connectivity index (χ4v) is 3.77. The summed E-state index contributed by atoms with van der Waals surface area (Å²) in [6.45, 7) is 3.82. The SMILES string of the molecule is Cc1cccc(CC(C)NS(=O)(=O)c2ccc(CC(=O)O)cc2)c1. The Balaban J connectivity index is 2.05. The topological polar surface area (TPSA) is 83.5 Å². The van der Waals surface area contributed by atoms with E-state index in [9.17, 15) is 13.2 Å². The van der Waals surface area contributed by atoms with Crippen molar-refractivity contribution < 1.29 is 18.3 Å². The lowest BCUT2D eigenvalue weighted by atomic mass is 10.1. The van der Waals surface area contributed by atoms with Crippen molar-refractivity contribution in [3.8, 4) is 0 Å². The smallest absolute Gasteiger partial charge is 0.307 e. The van der Waals surface area contributed by atoms with Gasteiger partial charge in [0.05, 0.1) is 11.3 Å². The predicted molar refractivity (Wildman–Crippen MR) is 92.4 cm³/mol. The molecule has 0 amide bonds. The van der Waals surface area contributed by atoms with Crippen LogP contribution in [-0.2, 0) is 27.7 Å². The Morgan fingerprint density at radius 2 is 1.79 bits per heavy atom. The van der Waals surface area contributed by atoms with Gasteiger partial charge in [0, 0.05) is 6.04 Å². The van der Waals surface area contributed by atoms with Crippen molar-refractivity contribution >= 4 is 16.0 Å². The molecule has 1 unspecified atom stereocenters. The standard InChI is InChI=1S/C18H21NO4S/c1-13-4-3-5-16(10-13)11-14(2)19-24(22,23)17-8-6-15(7-9-17)12-18(20)21/h3-10,14,19H,11-12H2,1-2H3,(H,20,21). The van der Waals surface area contributed by atoms with Gasteiger partial charge in [-0.05, 0) is 43.5 Å². The second-order valence-corrected chi connectivity index (χ2v) is 7.64. The maximum atomic E-state index is 12.4. The Morgan fingerprint density at radius 3 is 2.38 bits per heavy atom. The minimum absolute atomic E-state index is 0.127. The molecule has 0 fully saturated rings. The van der Waals surface area contributed by atoms with Gasteiger partial charge in [0.15, 0.2) is 0 Å². The summed E-state index contributed by atoms with van der Waals surface area (Å²) in [5, 5.41) is 8.74. The van der Waals surface area contributed by atoms with E-state index in [-0.39, 0.29) is 17.4 Å². The molecular formula is C18H21NO4S. The lowest BCUT2D eigenvalue weighted by Crippen LogP contribution is -2.34. The molecule has 0 radical (unpaired) electrons. The van der Waals surface area contributed by atoms with Gasteiger partial charge in [-0.25, -0.2) is 13.1 Å². The van der Waals surface area contributed by atoms with Crippen LogP contribution in [0.3, 0.4) is 0 Å². The number of rotatable bonds is 7. The average Bonchev–Trinajstić information content (AvgIpc) is 2.46. The number of nitrogens with one attached hydrogen (secondary N) is 1. The average molecular weight is 347 g/mol. The maximum Gasteiger partial charge on any atom is 0.307 e. The van der Waals surface area contributed by atoms with E-state index in [1.165, 1.54) is 24.3 Å². The van der Waals surface area contributed by atoms with Crippen molar-refractivity contribution in [3.63, 3.8) is 0 Å². The summed E-state index contributed by atoms with van der Waals surface area (Å²) in [5.74, 6) is -0.949. The summed E-state index contributed by atoms with van der Waals surface area (Å²) in [7, 11) is -3.63. The van der Waals surface area contributed by atoms with E-state index in [1.807, 2.05) is 38.1 Å². The number of benzene rings is 2. The quantitative estimate of drug-likeness (QED) is 0.806. The van der Waals surface area contributed by atoms with Gasteiger partial charge in [-0.15, -0.1) is 0 Å². The molecule has 5 nitrogen and oxygen atoms in total. The molecule has 128 valence electrons. The van der Waals surface area contributed by atoms with Crippen LogP contribution in [0.15, 0.2) is 53.4 Å². The van der Waals surface area contributed by atoms with E-state index in [1.54, 1.807) is 0 Å². The van der Waals surface area contributed by atoms with Gasteiger partial charge in [-0.2, -0.15) is 0 Å². The first-order chi connectivity index (χ1) is 11.3. The Bertz CT molecular complexity index is 813. The lowest BCUT2D eigenvalue weighted by Gasteiger charge is -2.15. The third-order valence-electron chi connectivity index (χ3n) is 3.57. The van der Waals surface area contributed by atoms with E-state index >= 15 is 0 Å². The third-order valence-corrected chi connectivity index (χ3v) is 5.18. The number of carbonyl (C=O) groups is 1. The molecule has 24 heavy (non-hydrogen) atoms. The molecule has 1 atom stereocenters. The van der Waals surface area contributed by atoms with Crippen molar-refractivity contribution in [2.75, 3.05) is 0 Å². The van der Waals surface area contributed by atoms with E-state index < -0.39 is 16.0 Å². The van der Waals surface area contributed by atoms with Crippen LogP contribution in [0.2, 0.25) is 0 Å². The van der Waals surface area contributed by atoms with Crippen molar-refractivity contribution in [1.82, 2.24) is 4.72 Å². The second kappa shape index (κ2) is 7.59. The first kappa shape index (κ1) is 18.2. The molecule has 6 heteroatoms. The van der Waals surface area contributed by atoms with Crippen LogP contribution in [0, 0.1) is 6.92 Å². The number of aliphatic carboxylic acids is 1. The number of aryl methyl sites for hydroxylation is 1. The molecule has 0 bridgehead atoms. The van der Waals surface area contributed by atoms with E-state index in [0.717, 1.165) is 11.1 Å². The maximum absolute atomic E-state index is 12.4. The summed E-state index contributed by atoms with van der Waals surface area (Å²) < 4.78 is 27.5. The minimum atomic E-state index is -3.63. The summed E-state index contributed by atoms with van der Waals surface area (Å²) >= 11 is 0. The van der Waals surface area contributed by atoms with Crippen LogP contribution in [0.1, 0.15) is 23.6 Å². The van der Waals surface area contributed by atoms with Gasteiger partial charge in [0.25, 0.3) is 0 Å². The Morgan fingerprint density at radius 1 is 1.12 bits per heavy atom. The van der Waals surface area contributed by atoms with Gasteiger partial charge in [-0.1, -0.05) is 42.0 Å². The number of carboxylic acids is 1. The van der Waals surface area contributed by atoms with E-state index in [4.69, 9.17) is 5.11 Å². The summed E-state index contributed by atoms with van der Waals surface area (Å²) in [6.07, 6.45) is 0.468. The predicted octanol–water partition coefficient (Wildman–Crippen LogP) is 2.53. The third kappa shape index (κ3) is 5.18. The van der Waals surface area contributed by atoms with Crippen LogP contribution in [0.25, 0.3) is 0 Å². The molecule has 0 aliphatic heterocycles. The molecule has 0 aliphatic rings. The highest BCUT2D eigenvalue weighted by molar-refractivity contribution is 7.89. The largest absolute Gasteiger partial charge is 0.481 e. The molecule has 0 aromatic heterocycles. The molecule has 2 rings (SSSR count). The Labute approximate surface area is 142 Å². The monoisotopic (exact) mass is 347 g/mol. The van der Waals surface area contributed by atoms with Gasteiger partial charge >= 0.3 is 5.97 Å². The molecule has 2 aromatic rings. The zero-order chi connectivity index (χ0) is 17.7. The minimum Gasteiger partial charge on any atom is -0.481 e. The van der Waals surface area contributed by atoms with Crippen molar-refractivity contribution in [2.24, 2.45) is 0 Å². The van der Waals surface area contributed by atoms with Gasteiger partial charge in [0.2, 0.25) is 10.0 Å². The summed E-state index contributed by atoms with van der Waals surface area (Å²) in [4.78, 5) is 10.8. The van der Waals surface area contributed by atoms with Crippen LogP contribution in [0.5, 0.6) is 0 Å². The zero-order valence-corrected chi connectivity index (χ0v) is 14.5. The fourth-order valence-electron chi connectivity index (χ4n) is 2.53. The highest BCUT2D eigenvalue weighted by atomic mass is 32.2. The normalized spacial score (nSPS) is 12.8. The Kier molecular flexibility index (Phi) is 5.75. The second-order valence-electron chi connectivity index (χ2n) is 5.93. The molecular weight excluding hydrogens is 326 g/mol. The van der Waals surface area contributed by atoms with Crippen molar-refractivity contribution in [2.45, 2.75) is 37.6 Å². The zero-order valence-electron chi connectivity index (χ0n) is 13.7. The number of hydrogen-bond donors (Lipinski definition) is 2. The molecule has 2 N–H and O–H groups in total. The molecule has 0 heterocycles. The van der Waals surface area contributed by atoms with Gasteiger partial charge in [-0.3, -0.25) is 4.79 Å². The summed E-state index contributed by atoms with van der Waals surface area (Å²) in [5.41, 5.74) is 2.77. The first-order valence-corrected chi connectivity index (χ1v) is 9.13. The number of sulfonamides is 1.